The largest absolute Gasteiger partial charge is 0.467 e. The van der Waals surface area contributed by atoms with Gasteiger partial charge in [0.1, 0.15) is 5.75 Å². The molecule has 19 heavy (non-hydrogen) atoms. The maximum absolute atomic E-state index is 6.33. The monoisotopic (exact) mass is 340 g/mol. The molecule has 0 radical (unpaired) electrons. The Morgan fingerprint density at radius 2 is 2.32 bits per heavy atom. The van der Waals surface area contributed by atoms with Crippen molar-refractivity contribution in [3.8, 4) is 5.75 Å². The fourth-order valence-corrected chi connectivity index (χ4v) is 4.17. The van der Waals surface area contributed by atoms with Crippen LogP contribution < -0.4 is 10.1 Å². The Bertz CT molecular complexity index is 563. The zero-order valence-corrected chi connectivity index (χ0v) is 13.7. The Hall–Kier alpha value is -0.810. The molecule has 1 aromatic rings. The van der Waals surface area contributed by atoms with E-state index in [0.29, 0.717) is 0 Å². The molecule has 0 spiro atoms. The number of benzene rings is 1. The Morgan fingerprint density at radius 3 is 3.00 bits per heavy atom. The molecular weight excluding hydrogens is 324 g/mol. The summed E-state index contributed by atoms with van der Waals surface area (Å²) < 4.78 is 7.41. The smallest absolute Gasteiger partial charge is 0.184 e. The second-order valence-corrected chi connectivity index (χ2v) is 6.67. The van der Waals surface area contributed by atoms with Crippen LogP contribution in [0.3, 0.4) is 0 Å². The van der Waals surface area contributed by atoms with Crippen LogP contribution in [0.15, 0.2) is 16.6 Å². The molecule has 2 aliphatic heterocycles. The summed E-state index contributed by atoms with van der Waals surface area (Å²) in [5, 5.41) is 4.22. The van der Waals surface area contributed by atoms with Gasteiger partial charge in [-0.3, -0.25) is 0 Å². The summed E-state index contributed by atoms with van der Waals surface area (Å²) in [7, 11) is 0. The van der Waals surface area contributed by atoms with E-state index in [1.54, 1.807) is 0 Å². The third kappa shape index (κ3) is 1.94. The highest BCUT2D eigenvalue weighted by Crippen LogP contribution is 2.46. The Labute approximate surface area is 127 Å². The van der Waals surface area contributed by atoms with Gasteiger partial charge in [-0.25, -0.2) is 0 Å². The van der Waals surface area contributed by atoms with Crippen LogP contribution in [-0.2, 0) is 0 Å². The van der Waals surface area contributed by atoms with E-state index in [2.05, 4.69) is 59.1 Å². The lowest BCUT2D eigenvalue weighted by atomic mass is 9.89. The van der Waals surface area contributed by atoms with E-state index < -0.39 is 0 Å². The van der Waals surface area contributed by atoms with E-state index >= 15 is 0 Å². The minimum atomic E-state index is -0.340. The Kier molecular flexibility index (Phi) is 3.02. The van der Waals surface area contributed by atoms with Gasteiger partial charge in [0.25, 0.3) is 0 Å². The quantitative estimate of drug-likeness (QED) is 0.790. The lowest BCUT2D eigenvalue weighted by Crippen LogP contribution is -2.64. The number of ether oxygens (including phenoxy) is 1. The zero-order chi connectivity index (χ0) is 13.8. The predicted octanol–water partition coefficient (Wildman–Crippen LogP) is 3.51. The molecule has 0 amide bonds. The molecule has 2 bridgehead atoms. The van der Waals surface area contributed by atoms with Crippen LogP contribution in [0, 0.1) is 6.92 Å². The second-order valence-electron chi connectivity index (χ2n) is 5.37. The highest BCUT2D eigenvalue weighted by molar-refractivity contribution is 9.10. The van der Waals surface area contributed by atoms with Crippen molar-refractivity contribution in [2.75, 3.05) is 6.54 Å². The van der Waals surface area contributed by atoms with E-state index in [0.717, 1.165) is 33.9 Å². The molecule has 2 heterocycles. The van der Waals surface area contributed by atoms with E-state index in [9.17, 15) is 0 Å². The van der Waals surface area contributed by atoms with Crippen molar-refractivity contribution in [1.29, 1.82) is 0 Å². The van der Waals surface area contributed by atoms with Gasteiger partial charge in [-0.05, 0) is 50.7 Å². The molecule has 3 nitrogen and oxygen atoms in total. The van der Waals surface area contributed by atoms with Crippen LogP contribution in [0.5, 0.6) is 5.75 Å². The van der Waals surface area contributed by atoms with Gasteiger partial charge in [0.2, 0.25) is 0 Å². The number of nitrogens with one attached hydrogen (secondary N) is 1. The van der Waals surface area contributed by atoms with Crippen molar-refractivity contribution in [3.63, 3.8) is 0 Å². The van der Waals surface area contributed by atoms with E-state index in [1.165, 1.54) is 5.56 Å². The molecule has 0 aliphatic carbocycles. The summed E-state index contributed by atoms with van der Waals surface area (Å²) in [6.07, 6.45) is 0.907. The lowest BCUT2D eigenvalue weighted by molar-refractivity contribution is -0.0663. The summed E-state index contributed by atoms with van der Waals surface area (Å²) >= 11 is 9.03. The summed E-state index contributed by atoms with van der Waals surface area (Å²) in [5.74, 6) is 0.996. The first-order chi connectivity index (χ1) is 8.94. The number of hydrogen-bond acceptors (Lipinski definition) is 2. The zero-order valence-electron chi connectivity index (χ0n) is 11.3. The minimum Gasteiger partial charge on any atom is -0.467 e. The van der Waals surface area contributed by atoms with Gasteiger partial charge in [0.15, 0.2) is 10.8 Å². The first kappa shape index (κ1) is 13.2. The first-order valence-electron chi connectivity index (χ1n) is 6.52. The summed E-state index contributed by atoms with van der Waals surface area (Å²) in [6, 6.07) is 4.46. The number of hydrogen-bond donors (Lipinski definition) is 1. The van der Waals surface area contributed by atoms with Gasteiger partial charge in [-0.15, -0.1) is 0 Å². The van der Waals surface area contributed by atoms with Gasteiger partial charge in [0.05, 0.1) is 6.04 Å². The molecule has 102 valence electrons. The van der Waals surface area contributed by atoms with Crippen LogP contribution >= 0.6 is 28.1 Å². The van der Waals surface area contributed by atoms with Gasteiger partial charge < -0.3 is 15.0 Å². The third-order valence-corrected chi connectivity index (χ3v) is 4.77. The van der Waals surface area contributed by atoms with Gasteiger partial charge in [-0.1, -0.05) is 15.9 Å². The average molecular weight is 341 g/mol. The maximum atomic E-state index is 6.33. The summed E-state index contributed by atoms with van der Waals surface area (Å²) in [5.41, 5.74) is 2.02. The minimum absolute atomic E-state index is 0.236. The van der Waals surface area contributed by atoms with Crippen LogP contribution in [0.2, 0.25) is 0 Å². The van der Waals surface area contributed by atoms with E-state index in [-0.39, 0.29) is 11.8 Å². The predicted molar refractivity (Wildman–Crippen MR) is 83.4 cm³/mol. The molecule has 1 fully saturated rings. The normalized spacial score (nSPS) is 28.5. The molecule has 1 saturated heterocycles. The highest BCUT2D eigenvalue weighted by atomic mass is 79.9. The van der Waals surface area contributed by atoms with Crippen molar-refractivity contribution in [2.45, 2.75) is 39.0 Å². The third-order valence-electron chi connectivity index (χ3n) is 3.98. The molecule has 1 N–H and O–H groups in total. The molecule has 2 atom stereocenters. The van der Waals surface area contributed by atoms with Gasteiger partial charge >= 0.3 is 0 Å². The van der Waals surface area contributed by atoms with E-state index in [1.807, 2.05) is 0 Å². The fraction of sp³-hybridized carbons (Fsp3) is 0.500. The average Bonchev–Trinajstić information content (AvgIpc) is 2.31. The number of halogens is 1. The van der Waals surface area contributed by atoms with Crippen LogP contribution in [0.4, 0.5) is 0 Å². The fourth-order valence-electron chi connectivity index (χ4n) is 3.12. The standard InChI is InChI=1S/C14H17BrN2OS/c1-4-17-13(19)16-11-7-14(17,3)18-12-8(2)5-9(15)6-10(11)12/h5-6,11H,4,7H2,1-3H3,(H,16,19). The van der Waals surface area contributed by atoms with Crippen molar-refractivity contribution in [3.05, 3.63) is 27.7 Å². The van der Waals surface area contributed by atoms with Crippen molar-refractivity contribution in [1.82, 2.24) is 10.2 Å². The first-order valence-corrected chi connectivity index (χ1v) is 7.72. The summed E-state index contributed by atoms with van der Waals surface area (Å²) in [6.45, 7) is 7.16. The molecule has 3 rings (SSSR count). The van der Waals surface area contributed by atoms with Gasteiger partial charge in [-0.2, -0.15) is 0 Å². The van der Waals surface area contributed by atoms with Gasteiger partial charge in [0, 0.05) is 23.0 Å². The second kappa shape index (κ2) is 4.35. The molecule has 0 saturated carbocycles. The summed E-state index contributed by atoms with van der Waals surface area (Å²) in [4.78, 5) is 2.13. The number of fused-ring (bicyclic) bond motifs is 4. The Balaban J connectivity index is 2.13. The topological polar surface area (TPSA) is 24.5 Å². The lowest BCUT2D eigenvalue weighted by Gasteiger charge is -2.52. The van der Waals surface area contributed by atoms with Crippen LogP contribution in [0.25, 0.3) is 0 Å². The number of nitrogens with zero attached hydrogens (tertiary/aromatic N) is 1. The molecule has 5 heteroatoms. The molecule has 2 aliphatic rings. The van der Waals surface area contributed by atoms with Crippen molar-refractivity contribution >= 4 is 33.3 Å². The number of rotatable bonds is 1. The van der Waals surface area contributed by atoms with Crippen molar-refractivity contribution in [2.24, 2.45) is 0 Å². The highest BCUT2D eigenvalue weighted by Gasteiger charge is 2.47. The molecule has 1 aromatic carbocycles. The molecule has 2 unspecified atom stereocenters. The van der Waals surface area contributed by atoms with E-state index in [4.69, 9.17) is 17.0 Å². The molecular formula is C14H17BrN2OS. The number of thiocarbonyl (C=S) groups is 1. The van der Waals surface area contributed by atoms with Crippen LogP contribution in [-0.4, -0.2) is 22.3 Å². The SMILES string of the molecule is CCN1C(=S)NC2CC1(C)Oc1c(C)cc(Br)cc12. The Morgan fingerprint density at radius 1 is 1.58 bits per heavy atom. The van der Waals surface area contributed by atoms with Crippen molar-refractivity contribution < 1.29 is 4.74 Å². The maximum Gasteiger partial charge on any atom is 0.184 e. The molecule has 0 aromatic heterocycles. The number of aryl methyl sites for hydroxylation is 1. The van der Waals surface area contributed by atoms with Crippen LogP contribution in [0.1, 0.15) is 37.4 Å².